The molecule has 40 heavy (non-hydrogen) atoms. The first-order chi connectivity index (χ1) is 19.7. The van der Waals surface area contributed by atoms with Gasteiger partial charge in [-0.05, 0) is 60.9 Å². The van der Waals surface area contributed by atoms with Gasteiger partial charge in [-0.2, -0.15) is 0 Å². The maximum atomic E-state index is 12.6. The largest absolute Gasteiger partial charge is 0.456 e. The summed E-state index contributed by atoms with van der Waals surface area (Å²) in [6.45, 7) is 4.88. The first-order valence-corrected chi connectivity index (χ1v) is 14.1. The molecular weight excluding hydrogens is 502 g/mol. The maximum Gasteiger partial charge on any atom is 0.250 e. The molecule has 204 valence electrons. The Morgan fingerprint density at radius 1 is 0.875 bits per heavy atom. The summed E-state index contributed by atoms with van der Waals surface area (Å²) >= 11 is 0. The number of nitrogens with one attached hydrogen (secondary N) is 2. The quantitative estimate of drug-likeness (QED) is 0.326. The second kappa shape index (κ2) is 10.7. The number of hydrogen-bond acceptors (Lipinski definition) is 7. The number of fused-ring (bicyclic) bond motifs is 2. The lowest BCUT2D eigenvalue weighted by Crippen LogP contribution is -2.39. The second-order valence-electron chi connectivity index (χ2n) is 10.7. The molecule has 3 aliphatic heterocycles. The van der Waals surface area contributed by atoms with Crippen LogP contribution >= 0.6 is 0 Å². The van der Waals surface area contributed by atoms with Crippen molar-refractivity contribution >= 4 is 17.2 Å². The van der Waals surface area contributed by atoms with E-state index in [0.29, 0.717) is 19.3 Å². The Labute approximate surface area is 233 Å². The molecule has 0 saturated carbocycles. The molecule has 2 aromatic heterocycles. The first-order valence-electron chi connectivity index (χ1n) is 14.1. The number of pyridine rings is 2. The van der Waals surface area contributed by atoms with Crippen LogP contribution in [0.15, 0.2) is 77.7 Å². The third-order valence-electron chi connectivity index (χ3n) is 8.08. The van der Waals surface area contributed by atoms with Crippen molar-refractivity contribution < 1.29 is 9.47 Å². The number of benzene rings is 2. The van der Waals surface area contributed by atoms with Crippen LogP contribution in [-0.4, -0.2) is 55.4 Å². The highest BCUT2D eigenvalue weighted by Crippen LogP contribution is 2.43. The molecule has 0 unspecified atom stereocenters. The molecular formula is C32H33N5O3. The van der Waals surface area contributed by atoms with E-state index in [0.717, 1.165) is 96.5 Å². The fourth-order valence-corrected chi connectivity index (χ4v) is 5.99. The van der Waals surface area contributed by atoms with Gasteiger partial charge in [-0.1, -0.05) is 18.2 Å². The van der Waals surface area contributed by atoms with Crippen molar-refractivity contribution in [3.05, 3.63) is 94.4 Å². The highest BCUT2D eigenvalue weighted by Gasteiger charge is 2.24. The van der Waals surface area contributed by atoms with Crippen LogP contribution in [0.2, 0.25) is 0 Å². The Bertz CT molecular complexity index is 1560. The molecule has 2 fully saturated rings. The van der Waals surface area contributed by atoms with Gasteiger partial charge in [0.25, 0.3) is 0 Å². The average Bonchev–Trinajstić information content (AvgIpc) is 3.01. The van der Waals surface area contributed by atoms with E-state index in [1.54, 1.807) is 6.07 Å². The Balaban J connectivity index is 1.08. The van der Waals surface area contributed by atoms with Gasteiger partial charge >= 0.3 is 0 Å². The van der Waals surface area contributed by atoms with E-state index in [9.17, 15) is 4.79 Å². The van der Waals surface area contributed by atoms with E-state index in [4.69, 9.17) is 9.47 Å². The molecule has 0 spiro atoms. The summed E-state index contributed by atoms with van der Waals surface area (Å²) in [5, 5.41) is 3.75. The molecule has 2 N–H and O–H groups in total. The van der Waals surface area contributed by atoms with Gasteiger partial charge in [0.1, 0.15) is 17.3 Å². The van der Waals surface area contributed by atoms with Crippen LogP contribution in [0.25, 0.3) is 11.3 Å². The molecule has 5 heterocycles. The number of H-pyrrole nitrogens is 1. The summed E-state index contributed by atoms with van der Waals surface area (Å²) in [7, 11) is 0. The van der Waals surface area contributed by atoms with Gasteiger partial charge in [-0.3, -0.25) is 4.79 Å². The van der Waals surface area contributed by atoms with Crippen molar-refractivity contribution in [3.63, 3.8) is 0 Å². The molecule has 3 aliphatic rings. The number of nitrogens with zero attached hydrogens (tertiary/aromatic N) is 3. The monoisotopic (exact) mass is 535 g/mol. The maximum absolute atomic E-state index is 12.6. The third kappa shape index (κ3) is 5.02. The van der Waals surface area contributed by atoms with Crippen LogP contribution in [0.1, 0.15) is 24.0 Å². The summed E-state index contributed by atoms with van der Waals surface area (Å²) in [4.78, 5) is 24.7. The van der Waals surface area contributed by atoms with Gasteiger partial charge in [0.15, 0.2) is 0 Å². The normalized spacial score (nSPS) is 17.1. The molecule has 8 heteroatoms. The van der Waals surface area contributed by atoms with Crippen molar-refractivity contribution in [1.29, 1.82) is 0 Å². The number of aromatic nitrogens is 2. The minimum Gasteiger partial charge on any atom is -0.456 e. The van der Waals surface area contributed by atoms with Crippen molar-refractivity contribution in [2.24, 2.45) is 0 Å². The van der Waals surface area contributed by atoms with Crippen LogP contribution < -0.4 is 25.4 Å². The minimum absolute atomic E-state index is 0.116. The van der Waals surface area contributed by atoms with Gasteiger partial charge in [-0.15, -0.1) is 0 Å². The predicted octanol–water partition coefficient (Wildman–Crippen LogP) is 5.05. The number of para-hydroxylation sites is 1. The zero-order chi connectivity index (χ0) is 26.9. The first kappa shape index (κ1) is 24.7. The summed E-state index contributed by atoms with van der Waals surface area (Å²) in [6.07, 6.45) is 4.77. The minimum atomic E-state index is -0.116. The molecule has 0 bridgehead atoms. The standard InChI is InChI=1S/C32H33N5O3/c38-31-21-26(36-14-16-39-17-15-36)20-28(35-31)27-5-3-4-22-18-23-19-25(7-8-29(23)40-32(22)27)34-24-9-12-37(13-10-24)30-6-1-2-11-33-30/h1-8,11,19-21,24,34H,9-10,12-18H2,(H,35,38). The van der Waals surface area contributed by atoms with Crippen LogP contribution in [-0.2, 0) is 11.2 Å². The Kier molecular flexibility index (Phi) is 6.61. The molecule has 2 aromatic carbocycles. The smallest absolute Gasteiger partial charge is 0.250 e. The van der Waals surface area contributed by atoms with Gasteiger partial charge < -0.3 is 29.6 Å². The lowest BCUT2D eigenvalue weighted by Gasteiger charge is -2.33. The van der Waals surface area contributed by atoms with Gasteiger partial charge in [0, 0.05) is 73.4 Å². The summed E-state index contributed by atoms with van der Waals surface area (Å²) in [5.74, 6) is 2.73. The van der Waals surface area contributed by atoms with Crippen molar-refractivity contribution in [1.82, 2.24) is 9.97 Å². The number of morpholine rings is 1. The lowest BCUT2D eigenvalue weighted by molar-refractivity contribution is 0.122. The number of hydrogen-bond donors (Lipinski definition) is 2. The van der Waals surface area contributed by atoms with Gasteiger partial charge in [0.05, 0.1) is 18.9 Å². The second-order valence-corrected chi connectivity index (χ2v) is 10.7. The fraction of sp³-hybridized carbons (Fsp3) is 0.312. The number of piperidine rings is 1. The van der Waals surface area contributed by atoms with Crippen molar-refractivity contribution in [2.45, 2.75) is 25.3 Å². The summed E-state index contributed by atoms with van der Waals surface area (Å²) < 4.78 is 12.0. The average molecular weight is 536 g/mol. The van der Waals surface area contributed by atoms with E-state index in [1.165, 1.54) is 0 Å². The van der Waals surface area contributed by atoms with Crippen LogP contribution in [0, 0.1) is 0 Å². The Morgan fingerprint density at radius 2 is 1.75 bits per heavy atom. The zero-order valence-electron chi connectivity index (χ0n) is 22.4. The number of ether oxygens (including phenoxy) is 2. The van der Waals surface area contributed by atoms with Gasteiger partial charge in [-0.25, -0.2) is 4.98 Å². The van der Waals surface area contributed by atoms with E-state index >= 15 is 0 Å². The molecule has 0 amide bonds. The summed E-state index contributed by atoms with van der Waals surface area (Å²) in [5.41, 5.74) is 5.87. The summed E-state index contributed by atoms with van der Waals surface area (Å²) in [6, 6.07) is 22.8. The number of rotatable bonds is 5. The topological polar surface area (TPSA) is 82.7 Å². The molecule has 0 aliphatic carbocycles. The van der Waals surface area contributed by atoms with E-state index in [2.05, 4.69) is 55.4 Å². The van der Waals surface area contributed by atoms with E-state index < -0.39 is 0 Å². The molecule has 0 atom stereocenters. The number of aromatic amines is 1. The SMILES string of the molecule is O=c1cc(N2CCOCC2)cc(-c2cccc3c2Oc2ccc(NC4CCN(c5ccccn5)CC4)cc2C3)[nH]1. The van der Waals surface area contributed by atoms with Crippen molar-refractivity contribution in [3.8, 4) is 22.8 Å². The molecule has 0 radical (unpaired) electrons. The fourth-order valence-electron chi connectivity index (χ4n) is 5.99. The zero-order valence-corrected chi connectivity index (χ0v) is 22.4. The molecule has 8 nitrogen and oxygen atoms in total. The van der Waals surface area contributed by atoms with Crippen LogP contribution in [0.5, 0.6) is 11.5 Å². The van der Waals surface area contributed by atoms with E-state index in [1.807, 2.05) is 36.5 Å². The highest BCUT2D eigenvalue weighted by molar-refractivity contribution is 5.74. The van der Waals surface area contributed by atoms with E-state index in [-0.39, 0.29) is 5.56 Å². The van der Waals surface area contributed by atoms with Crippen molar-refractivity contribution in [2.75, 3.05) is 54.5 Å². The lowest BCUT2D eigenvalue weighted by atomic mass is 9.96. The Hall–Kier alpha value is -4.30. The van der Waals surface area contributed by atoms with Crippen LogP contribution in [0.4, 0.5) is 17.2 Å². The highest BCUT2D eigenvalue weighted by atomic mass is 16.5. The van der Waals surface area contributed by atoms with Gasteiger partial charge in [0.2, 0.25) is 5.56 Å². The van der Waals surface area contributed by atoms with Crippen LogP contribution in [0.3, 0.4) is 0 Å². The predicted molar refractivity (Wildman–Crippen MR) is 158 cm³/mol. The molecule has 4 aromatic rings. The molecule has 7 rings (SSSR count). The molecule has 2 saturated heterocycles. The number of anilines is 3. The third-order valence-corrected chi connectivity index (χ3v) is 8.08. The Morgan fingerprint density at radius 3 is 2.58 bits per heavy atom.